The van der Waals surface area contributed by atoms with Crippen LogP contribution in [0.1, 0.15) is 15.2 Å². The molecule has 3 aromatic carbocycles. The number of nitrogens with two attached hydrogens (primary N) is 1. The van der Waals surface area contributed by atoms with E-state index in [0.717, 1.165) is 39.1 Å². The van der Waals surface area contributed by atoms with Gasteiger partial charge in [-0.05, 0) is 60.5 Å². The number of rotatable bonds is 5. The molecule has 3 heterocycles. The Morgan fingerprint density at radius 1 is 0.947 bits per heavy atom. The van der Waals surface area contributed by atoms with Crippen molar-refractivity contribution >= 4 is 38.8 Å². The SMILES string of the molecule is COc1ccc(-c2cc(-c3ccc(C)cc3)c3c(N)c(C(=O)Nc4ccc5c(c4)OCCO5)sc3n2)cc1. The van der Waals surface area contributed by atoms with E-state index in [1.54, 1.807) is 25.3 Å². The van der Waals surface area contributed by atoms with Crippen LogP contribution in [0.25, 0.3) is 32.6 Å². The van der Waals surface area contributed by atoms with Gasteiger partial charge >= 0.3 is 0 Å². The maximum absolute atomic E-state index is 13.4. The summed E-state index contributed by atoms with van der Waals surface area (Å²) in [5.74, 6) is 1.73. The number of ether oxygens (including phenoxy) is 3. The molecule has 0 radical (unpaired) electrons. The minimum absolute atomic E-state index is 0.303. The average molecular weight is 524 g/mol. The lowest BCUT2D eigenvalue weighted by atomic mass is 9.98. The summed E-state index contributed by atoms with van der Waals surface area (Å²) < 4.78 is 16.5. The third kappa shape index (κ3) is 4.39. The number of pyridine rings is 1. The van der Waals surface area contributed by atoms with E-state index in [1.165, 1.54) is 11.3 Å². The van der Waals surface area contributed by atoms with E-state index >= 15 is 0 Å². The second kappa shape index (κ2) is 9.72. The van der Waals surface area contributed by atoms with Crippen molar-refractivity contribution in [1.29, 1.82) is 0 Å². The molecule has 8 heteroatoms. The number of aryl methyl sites for hydroxylation is 1. The third-order valence-corrected chi connectivity index (χ3v) is 7.55. The smallest absolute Gasteiger partial charge is 0.267 e. The molecular formula is C30H25N3O4S. The summed E-state index contributed by atoms with van der Waals surface area (Å²) in [6.07, 6.45) is 0. The number of fused-ring (bicyclic) bond motifs is 2. The van der Waals surface area contributed by atoms with Crippen LogP contribution in [0.15, 0.2) is 72.8 Å². The van der Waals surface area contributed by atoms with Crippen LogP contribution in [0.5, 0.6) is 17.2 Å². The van der Waals surface area contributed by atoms with Gasteiger partial charge in [0.15, 0.2) is 11.5 Å². The van der Waals surface area contributed by atoms with Crippen molar-refractivity contribution in [3.05, 3.63) is 83.2 Å². The summed E-state index contributed by atoms with van der Waals surface area (Å²) in [6, 6.07) is 23.4. The van der Waals surface area contributed by atoms with Crippen LogP contribution in [-0.4, -0.2) is 31.2 Å². The Balaban J connectivity index is 1.44. The molecule has 0 atom stereocenters. The number of anilines is 2. The molecule has 0 unspecified atom stereocenters. The Morgan fingerprint density at radius 2 is 1.66 bits per heavy atom. The topological polar surface area (TPSA) is 95.7 Å². The molecule has 0 saturated carbocycles. The number of nitrogens with one attached hydrogen (secondary N) is 1. The molecular weight excluding hydrogens is 498 g/mol. The molecule has 0 spiro atoms. The summed E-state index contributed by atoms with van der Waals surface area (Å²) in [6.45, 7) is 3.03. The minimum atomic E-state index is -0.303. The van der Waals surface area contributed by atoms with Crippen molar-refractivity contribution < 1.29 is 19.0 Å². The summed E-state index contributed by atoms with van der Waals surface area (Å²) in [5.41, 5.74) is 12.5. The van der Waals surface area contributed by atoms with Crippen molar-refractivity contribution in [2.45, 2.75) is 6.92 Å². The molecule has 0 saturated heterocycles. The summed E-state index contributed by atoms with van der Waals surface area (Å²) in [4.78, 5) is 19.4. The molecule has 2 aromatic heterocycles. The first kappa shape index (κ1) is 23.8. The van der Waals surface area contributed by atoms with Crippen molar-refractivity contribution in [2.75, 3.05) is 31.4 Å². The van der Waals surface area contributed by atoms with Gasteiger partial charge in [0, 0.05) is 22.7 Å². The normalized spacial score (nSPS) is 12.4. The highest BCUT2D eigenvalue weighted by Crippen LogP contribution is 2.42. The van der Waals surface area contributed by atoms with Crippen LogP contribution < -0.4 is 25.3 Å². The number of hydrogen-bond acceptors (Lipinski definition) is 7. The molecule has 0 fully saturated rings. The monoisotopic (exact) mass is 523 g/mol. The number of benzene rings is 3. The molecule has 0 bridgehead atoms. The molecule has 0 aliphatic carbocycles. The fraction of sp³-hybridized carbons (Fsp3) is 0.133. The molecule has 1 amide bonds. The van der Waals surface area contributed by atoms with Crippen LogP contribution in [0.2, 0.25) is 0 Å². The maximum atomic E-state index is 13.4. The molecule has 6 rings (SSSR count). The van der Waals surface area contributed by atoms with Gasteiger partial charge in [-0.2, -0.15) is 0 Å². The van der Waals surface area contributed by atoms with Gasteiger partial charge in [0.2, 0.25) is 0 Å². The Bertz CT molecular complexity index is 1660. The van der Waals surface area contributed by atoms with E-state index in [2.05, 4.69) is 29.6 Å². The van der Waals surface area contributed by atoms with Gasteiger partial charge < -0.3 is 25.3 Å². The van der Waals surface area contributed by atoms with Crippen LogP contribution in [0.4, 0.5) is 11.4 Å². The minimum Gasteiger partial charge on any atom is -0.497 e. The number of carbonyl (C=O) groups is 1. The van der Waals surface area contributed by atoms with Crippen molar-refractivity contribution in [3.63, 3.8) is 0 Å². The number of thiophene rings is 1. The number of carbonyl (C=O) groups excluding carboxylic acids is 1. The number of nitrogen functional groups attached to an aromatic ring is 1. The fourth-order valence-corrected chi connectivity index (χ4v) is 5.48. The number of aromatic nitrogens is 1. The van der Waals surface area contributed by atoms with Gasteiger partial charge in [-0.3, -0.25) is 4.79 Å². The van der Waals surface area contributed by atoms with E-state index in [9.17, 15) is 4.79 Å². The van der Waals surface area contributed by atoms with E-state index < -0.39 is 0 Å². The molecule has 1 aliphatic heterocycles. The van der Waals surface area contributed by atoms with E-state index in [0.29, 0.717) is 45.8 Å². The van der Waals surface area contributed by atoms with Crippen molar-refractivity contribution in [2.24, 2.45) is 0 Å². The van der Waals surface area contributed by atoms with E-state index in [-0.39, 0.29) is 5.91 Å². The second-order valence-electron chi connectivity index (χ2n) is 8.99. The first-order valence-corrected chi connectivity index (χ1v) is 13.0. The Morgan fingerprint density at radius 3 is 2.39 bits per heavy atom. The standard InChI is InChI=1S/C30H25N3O4S/c1-17-3-5-18(6-4-17)22-16-23(19-7-10-21(35-2)11-8-19)33-30-26(22)27(31)28(38-30)29(34)32-20-9-12-24-25(15-20)37-14-13-36-24/h3-12,15-16H,13-14,31H2,1-2H3,(H,32,34). The Kier molecular flexibility index (Phi) is 6.09. The quantitative estimate of drug-likeness (QED) is 0.271. The van der Waals surface area contributed by atoms with Crippen molar-refractivity contribution in [3.8, 4) is 39.6 Å². The number of amides is 1. The third-order valence-electron chi connectivity index (χ3n) is 6.45. The Labute approximate surface area is 223 Å². The largest absolute Gasteiger partial charge is 0.497 e. The lowest BCUT2D eigenvalue weighted by Crippen LogP contribution is -2.16. The first-order chi connectivity index (χ1) is 18.5. The zero-order valence-corrected chi connectivity index (χ0v) is 21.7. The van der Waals surface area contributed by atoms with Gasteiger partial charge in [0.1, 0.15) is 28.7 Å². The molecule has 5 aromatic rings. The van der Waals surface area contributed by atoms with Gasteiger partial charge in [-0.25, -0.2) is 4.98 Å². The molecule has 38 heavy (non-hydrogen) atoms. The lowest BCUT2D eigenvalue weighted by Gasteiger charge is -2.18. The maximum Gasteiger partial charge on any atom is 0.267 e. The zero-order valence-electron chi connectivity index (χ0n) is 20.9. The Hall–Kier alpha value is -4.56. The fourth-order valence-electron chi connectivity index (χ4n) is 4.47. The summed E-state index contributed by atoms with van der Waals surface area (Å²) in [7, 11) is 1.64. The highest BCUT2D eigenvalue weighted by Gasteiger charge is 2.22. The number of methoxy groups -OCH3 is 1. The zero-order chi connectivity index (χ0) is 26.2. The van der Waals surface area contributed by atoms with Crippen LogP contribution in [-0.2, 0) is 0 Å². The molecule has 7 nitrogen and oxygen atoms in total. The van der Waals surface area contributed by atoms with Crippen LogP contribution in [0.3, 0.4) is 0 Å². The molecule has 190 valence electrons. The predicted molar refractivity (Wildman–Crippen MR) is 152 cm³/mol. The number of hydrogen-bond donors (Lipinski definition) is 2. The summed E-state index contributed by atoms with van der Waals surface area (Å²) >= 11 is 1.28. The molecule has 3 N–H and O–H groups in total. The average Bonchev–Trinajstić information content (AvgIpc) is 3.29. The first-order valence-electron chi connectivity index (χ1n) is 12.2. The summed E-state index contributed by atoms with van der Waals surface area (Å²) in [5, 5.41) is 3.72. The van der Waals surface area contributed by atoms with Crippen LogP contribution >= 0.6 is 11.3 Å². The second-order valence-corrected chi connectivity index (χ2v) is 9.99. The highest BCUT2D eigenvalue weighted by atomic mass is 32.1. The lowest BCUT2D eigenvalue weighted by molar-refractivity contribution is 0.103. The molecule has 1 aliphatic rings. The van der Waals surface area contributed by atoms with Crippen molar-refractivity contribution in [1.82, 2.24) is 4.98 Å². The van der Waals surface area contributed by atoms with Gasteiger partial charge in [-0.1, -0.05) is 29.8 Å². The number of nitrogens with zero attached hydrogens (tertiary/aromatic N) is 1. The van der Waals surface area contributed by atoms with E-state index in [4.69, 9.17) is 24.9 Å². The van der Waals surface area contributed by atoms with E-state index in [1.807, 2.05) is 37.3 Å². The predicted octanol–water partition coefficient (Wildman–Crippen LogP) is 6.55. The van der Waals surface area contributed by atoms with Crippen LogP contribution in [0, 0.1) is 6.92 Å². The van der Waals surface area contributed by atoms with Gasteiger partial charge in [0.25, 0.3) is 5.91 Å². The highest BCUT2D eigenvalue weighted by molar-refractivity contribution is 7.21. The van der Waals surface area contributed by atoms with Gasteiger partial charge in [0.05, 0.1) is 18.5 Å². The van der Waals surface area contributed by atoms with Gasteiger partial charge in [-0.15, -0.1) is 11.3 Å².